The number of carbonyl (C=O) groups is 2. The first kappa shape index (κ1) is 18.2. The van der Waals surface area contributed by atoms with Gasteiger partial charge in [-0.3, -0.25) is 19.7 Å². The number of nitrogens with one attached hydrogen (secondary N) is 2. The van der Waals surface area contributed by atoms with Crippen LogP contribution in [0.15, 0.2) is 66.7 Å². The molecule has 3 aromatic carbocycles. The summed E-state index contributed by atoms with van der Waals surface area (Å²) in [6.07, 6.45) is 0. The first-order valence-electron chi connectivity index (χ1n) is 8.73. The molecule has 29 heavy (non-hydrogen) atoms. The molecule has 0 saturated carbocycles. The van der Waals surface area contributed by atoms with E-state index in [2.05, 4.69) is 10.6 Å². The van der Waals surface area contributed by atoms with Crippen LogP contribution in [0.25, 0.3) is 0 Å². The molecule has 0 unspecified atom stereocenters. The zero-order valence-electron chi connectivity index (χ0n) is 15.0. The predicted octanol–water partition coefficient (Wildman–Crippen LogP) is 3.90. The predicted molar refractivity (Wildman–Crippen MR) is 107 cm³/mol. The molecule has 2 N–H and O–H groups in total. The minimum atomic E-state index is -0.548. The molecule has 4 rings (SSSR count). The number of nitro groups is 1. The second-order valence-corrected chi connectivity index (χ2v) is 6.36. The standard InChI is InChI=1S/C21H15N3O5/c25-20-12-29-19-9-7-15(11-17(19)23-20)22-16-8-6-14(10-18(16)24(27)28)21(26)13-4-2-1-3-5-13/h1-11,22H,12H2,(H,23,25). The molecule has 0 radical (unpaired) electrons. The van der Waals surface area contributed by atoms with Gasteiger partial charge < -0.3 is 15.4 Å². The van der Waals surface area contributed by atoms with Crippen LogP contribution in [-0.4, -0.2) is 23.2 Å². The maximum atomic E-state index is 12.6. The molecule has 8 heteroatoms. The molecule has 1 amide bonds. The van der Waals surface area contributed by atoms with Crippen molar-refractivity contribution < 1.29 is 19.2 Å². The van der Waals surface area contributed by atoms with Crippen LogP contribution in [0.1, 0.15) is 15.9 Å². The fourth-order valence-electron chi connectivity index (χ4n) is 3.00. The van der Waals surface area contributed by atoms with E-state index in [1.165, 1.54) is 18.2 Å². The van der Waals surface area contributed by atoms with E-state index in [-0.39, 0.29) is 35.2 Å². The molecule has 0 bridgehead atoms. The van der Waals surface area contributed by atoms with Crippen molar-refractivity contribution in [1.82, 2.24) is 0 Å². The lowest BCUT2D eigenvalue weighted by Crippen LogP contribution is -2.25. The van der Waals surface area contributed by atoms with Gasteiger partial charge in [-0.1, -0.05) is 30.3 Å². The highest BCUT2D eigenvalue weighted by Gasteiger charge is 2.20. The van der Waals surface area contributed by atoms with Crippen molar-refractivity contribution in [3.63, 3.8) is 0 Å². The summed E-state index contributed by atoms with van der Waals surface area (Å²) < 4.78 is 5.30. The van der Waals surface area contributed by atoms with Crippen molar-refractivity contribution in [2.24, 2.45) is 0 Å². The lowest BCUT2D eigenvalue weighted by Gasteiger charge is -2.19. The van der Waals surface area contributed by atoms with Crippen LogP contribution in [0.2, 0.25) is 0 Å². The Morgan fingerprint density at radius 1 is 1.03 bits per heavy atom. The third-order valence-electron chi connectivity index (χ3n) is 4.38. The van der Waals surface area contributed by atoms with Gasteiger partial charge >= 0.3 is 0 Å². The second-order valence-electron chi connectivity index (χ2n) is 6.36. The SMILES string of the molecule is O=C1COc2ccc(Nc3ccc(C(=O)c4ccccc4)cc3[N+](=O)[O-])cc2N1. The number of fused-ring (bicyclic) bond motifs is 1. The Bertz CT molecular complexity index is 1130. The van der Waals surface area contributed by atoms with Gasteiger partial charge in [0.05, 0.1) is 10.6 Å². The summed E-state index contributed by atoms with van der Waals surface area (Å²) in [6, 6.07) is 17.8. The Morgan fingerprint density at radius 3 is 2.59 bits per heavy atom. The van der Waals surface area contributed by atoms with Gasteiger partial charge in [0.1, 0.15) is 11.4 Å². The number of carbonyl (C=O) groups excluding carboxylic acids is 2. The van der Waals surface area contributed by atoms with Crippen LogP contribution in [0.4, 0.5) is 22.7 Å². The summed E-state index contributed by atoms with van der Waals surface area (Å²) in [5.41, 5.74) is 1.67. The van der Waals surface area contributed by atoms with Gasteiger partial charge in [0.2, 0.25) is 0 Å². The smallest absolute Gasteiger partial charge is 0.293 e. The lowest BCUT2D eigenvalue weighted by molar-refractivity contribution is -0.383. The number of rotatable bonds is 5. The van der Waals surface area contributed by atoms with Crippen molar-refractivity contribution in [2.75, 3.05) is 17.2 Å². The molecule has 0 aliphatic carbocycles. The number of nitrogens with zero attached hydrogens (tertiary/aromatic N) is 1. The van der Waals surface area contributed by atoms with Crippen LogP contribution in [0, 0.1) is 10.1 Å². The van der Waals surface area contributed by atoms with E-state index < -0.39 is 4.92 Å². The van der Waals surface area contributed by atoms with Crippen molar-refractivity contribution in [1.29, 1.82) is 0 Å². The van der Waals surface area contributed by atoms with Crippen molar-refractivity contribution in [3.05, 3.63) is 88.0 Å². The highest BCUT2D eigenvalue weighted by molar-refractivity contribution is 6.09. The molecule has 1 aliphatic rings. The van der Waals surface area contributed by atoms with Gasteiger partial charge in [-0.05, 0) is 30.3 Å². The summed E-state index contributed by atoms with van der Waals surface area (Å²) in [6.45, 7) is -0.0534. The van der Waals surface area contributed by atoms with E-state index in [0.717, 1.165) is 0 Å². The molecule has 0 spiro atoms. The molecule has 1 heterocycles. The van der Waals surface area contributed by atoms with Crippen LogP contribution in [0.5, 0.6) is 5.75 Å². The normalized spacial score (nSPS) is 12.3. The third kappa shape index (κ3) is 3.77. The van der Waals surface area contributed by atoms with E-state index in [1.54, 1.807) is 48.5 Å². The van der Waals surface area contributed by atoms with Crippen LogP contribution < -0.4 is 15.4 Å². The summed E-state index contributed by atoms with van der Waals surface area (Å²) >= 11 is 0. The topological polar surface area (TPSA) is 111 Å². The molecule has 0 atom stereocenters. The number of benzene rings is 3. The summed E-state index contributed by atoms with van der Waals surface area (Å²) in [7, 11) is 0. The summed E-state index contributed by atoms with van der Waals surface area (Å²) in [4.78, 5) is 35.1. The van der Waals surface area contributed by atoms with Gasteiger partial charge in [-0.15, -0.1) is 0 Å². The first-order valence-corrected chi connectivity index (χ1v) is 8.73. The highest BCUT2D eigenvalue weighted by atomic mass is 16.6. The van der Waals surface area contributed by atoms with Gasteiger partial charge in [0.15, 0.2) is 12.4 Å². The monoisotopic (exact) mass is 389 g/mol. The second kappa shape index (κ2) is 7.43. The van der Waals surface area contributed by atoms with E-state index in [9.17, 15) is 19.7 Å². The molecule has 1 aliphatic heterocycles. The average molecular weight is 389 g/mol. The highest BCUT2D eigenvalue weighted by Crippen LogP contribution is 2.34. The fourth-order valence-corrected chi connectivity index (χ4v) is 3.00. The molecule has 3 aromatic rings. The summed E-state index contributed by atoms with van der Waals surface area (Å²) in [5.74, 6) is -0.0493. The number of anilines is 3. The first-order chi connectivity index (χ1) is 14.0. The molecule has 144 valence electrons. The maximum Gasteiger partial charge on any atom is 0.293 e. The van der Waals surface area contributed by atoms with E-state index in [4.69, 9.17) is 4.74 Å². The van der Waals surface area contributed by atoms with Crippen LogP contribution >= 0.6 is 0 Å². The number of hydrogen-bond donors (Lipinski definition) is 2. The molecule has 0 aromatic heterocycles. The fraction of sp³-hybridized carbons (Fsp3) is 0.0476. The van der Waals surface area contributed by atoms with Crippen molar-refractivity contribution >= 4 is 34.4 Å². The Labute approximate surface area is 165 Å². The largest absolute Gasteiger partial charge is 0.482 e. The van der Waals surface area contributed by atoms with Crippen LogP contribution in [0.3, 0.4) is 0 Å². The van der Waals surface area contributed by atoms with E-state index in [0.29, 0.717) is 22.7 Å². The number of amides is 1. The minimum Gasteiger partial charge on any atom is -0.482 e. The van der Waals surface area contributed by atoms with Gasteiger partial charge in [0.25, 0.3) is 11.6 Å². The maximum absolute atomic E-state index is 12.6. The van der Waals surface area contributed by atoms with Gasteiger partial charge in [-0.25, -0.2) is 0 Å². The minimum absolute atomic E-state index is 0.0534. The molecule has 8 nitrogen and oxygen atoms in total. The average Bonchev–Trinajstić information content (AvgIpc) is 2.73. The third-order valence-corrected chi connectivity index (χ3v) is 4.38. The van der Waals surface area contributed by atoms with Crippen LogP contribution in [-0.2, 0) is 4.79 Å². The molecular weight excluding hydrogens is 374 g/mol. The van der Waals surface area contributed by atoms with Gasteiger partial charge in [-0.2, -0.15) is 0 Å². The Hall–Kier alpha value is -4.20. The number of nitro benzene ring substituents is 1. The molecular formula is C21H15N3O5. The lowest BCUT2D eigenvalue weighted by atomic mass is 10.0. The summed E-state index contributed by atoms with van der Waals surface area (Å²) in [5, 5.41) is 17.2. The number of ether oxygens (including phenoxy) is 1. The Morgan fingerprint density at radius 2 is 1.83 bits per heavy atom. The Balaban J connectivity index is 1.64. The number of ketones is 1. The number of hydrogen-bond acceptors (Lipinski definition) is 6. The van der Waals surface area contributed by atoms with Crippen molar-refractivity contribution in [2.45, 2.75) is 0 Å². The molecule has 0 fully saturated rings. The van der Waals surface area contributed by atoms with Crippen molar-refractivity contribution in [3.8, 4) is 5.75 Å². The van der Waals surface area contributed by atoms with Gasteiger partial charge in [0, 0.05) is 22.9 Å². The van der Waals surface area contributed by atoms with E-state index >= 15 is 0 Å². The quantitative estimate of drug-likeness (QED) is 0.389. The Kier molecular flexibility index (Phi) is 4.66. The zero-order valence-corrected chi connectivity index (χ0v) is 15.0. The zero-order chi connectivity index (χ0) is 20.4. The molecule has 0 saturated heterocycles. The van der Waals surface area contributed by atoms with E-state index in [1.807, 2.05) is 0 Å².